The second-order valence-corrected chi connectivity index (χ2v) is 8.12. The Labute approximate surface area is 203 Å². The number of oxazole rings is 1. The van der Waals surface area contributed by atoms with Gasteiger partial charge in [0, 0.05) is 43.3 Å². The van der Waals surface area contributed by atoms with Crippen molar-refractivity contribution in [3.8, 4) is 11.5 Å². The number of rotatable bonds is 4. The number of carboxylic acids is 1. The summed E-state index contributed by atoms with van der Waals surface area (Å²) >= 11 is 0. The summed E-state index contributed by atoms with van der Waals surface area (Å²) in [5.41, 5.74) is 3.45. The number of anilines is 1. The molecule has 36 heavy (non-hydrogen) atoms. The number of aryl methyl sites for hydroxylation is 1. The van der Waals surface area contributed by atoms with Gasteiger partial charge in [-0.3, -0.25) is 4.79 Å². The summed E-state index contributed by atoms with van der Waals surface area (Å²) < 4.78 is 39.3. The van der Waals surface area contributed by atoms with E-state index in [-0.39, 0.29) is 11.9 Å². The zero-order valence-corrected chi connectivity index (χ0v) is 19.1. The first-order valence-corrected chi connectivity index (χ1v) is 10.9. The van der Waals surface area contributed by atoms with Crippen LogP contribution in [-0.4, -0.2) is 56.7 Å². The van der Waals surface area contributed by atoms with E-state index >= 15 is 0 Å². The van der Waals surface area contributed by atoms with Crippen LogP contribution in [0.4, 0.5) is 19.0 Å². The maximum absolute atomic E-state index is 12.6. The molecule has 1 aliphatic heterocycles. The van der Waals surface area contributed by atoms with Gasteiger partial charge in [-0.05, 0) is 37.1 Å². The summed E-state index contributed by atoms with van der Waals surface area (Å²) in [7, 11) is 0. The highest BCUT2D eigenvalue weighted by atomic mass is 19.4. The molecule has 5 rings (SSSR count). The SMILES string of the molecule is Cc1ccn2ccnc(N3CC[C@H](NC(=O)c4coc(-c5ccccc5)n4)C3)c12.O=C(O)C(F)(F)F. The lowest BCUT2D eigenvalue weighted by Gasteiger charge is -2.19. The third kappa shape index (κ3) is 5.48. The van der Waals surface area contributed by atoms with Gasteiger partial charge < -0.3 is 24.1 Å². The largest absolute Gasteiger partial charge is 0.490 e. The van der Waals surface area contributed by atoms with Crippen molar-refractivity contribution in [1.82, 2.24) is 19.7 Å². The van der Waals surface area contributed by atoms with E-state index in [0.717, 1.165) is 29.9 Å². The number of carbonyl (C=O) groups is 2. The first-order chi connectivity index (χ1) is 17.1. The monoisotopic (exact) mass is 501 g/mol. The van der Waals surface area contributed by atoms with Crippen LogP contribution in [0, 0.1) is 6.92 Å². The first kappa shape index (κ1) is 24.8. The van der Waals surface area contributed by atoms with Crippen LogP contribution in [0.2, 0.25) is 0 Å². The van der Waals surface area contributed by atoms with Gasteiger partial charge in [0.1, 0.15) is 6.26 Å². The smallest absolute Gasteiger partial charge is 0.475 e. The van der Waals surface area contributed by atoms with Crippen LogP contribution in [0.1, 0.15) is 22.5 Å². The normalized spacial score (nSPS) is 15.4. The van der Waals surface area contributed by atoms with Crippen molar-refractivity contribution >= 4 is 23.2 Å². The number of carboxylic acid groups (broad SMARTS) is 1. The number of hydrogen-bond acceptors (Lipinski definition) is 6. The second-order valence-electron chi connectivity index (χ2n) is 8.12. The highest BCUT2D eigenvalue weighted by molar-refractivity contribution is 5.92. The highest BCUT2D eigenvalue weighted by Crippen LogP contribution is 2.26. The summed E-state index contributed by atoms with van der Waals surface area (Å²) in [4.78, 5) is 32.7. The number of aliphatic carboxylic acids is 1. The zero-order chi connectivity index (χ0) is 25.9. The summed E-state index contributed by atoms with van der Waals surface area (Å²) in [6, 6.07) is 11.7. The second kappa shape index (κ2) is 10.1. The van der Waals surface area contributed by atoms with E-state index in [0.29, 0.717) is 18.1 Å². The number of hydrogen-bond donors (Lipinski definition) is 2. The molecule has 1 atom stereocenters. The molecule has 1 saturated heterocycles. The van der Waals surface area contributed by atoms with Crippen molar-refractivity contribution in [3.05, 3.63) is 72.5 Å². The fraction of sp³-hybridized carbons (Fsp3) is 0.250. The first-order valence-electron chi connectivity index (χ1n) is 10.9. The van der Waals surface area contributed by atoms with Gasteiger partial charge in [-0.2, -0.15) is 13.2 Å². The van der Waals surface area contributed by atoms with E-state index in [4.69, 9.17) is 14.3 Å². The van der Waals surface area contributed by atoms with Gasteiger partial charge in [0.25, 0.3) is 5.91 Å². The third-order valence-corrected chi connectivity index (χ3v) is 5.58. The molecule has 2 N–H and O–H groups in total. The minimum absolute atomic E-state index is 0.0386. The molecule has 1 aromatic carbocycles. The number of aromatic nitrogens is 3. The van der Waals surface area contributed by atoms with Crippen LogP contribution in [0.3, 0.4) is 0 Å². The molecule has 12 heteroatoms. The van der Waals surface area contributed by atoms with Crippen molar-refractivity contribution < 1.29 is 32.3 Å². The average molecular weight is 501 g/mol. The molecule has 9 nitrogen and oxygen atoms in total. The van der Waals surface area contributed by atoms with Crippen LogP contribution in [0.5, 0.6) is 0 Å². The predicted octanol–water partition coefficient (Wildman–Crippen LogP) is 3.94. The average Bonchev–Trinajstić information content (AvgIpc) is 3.60. The van der Waals surface area contributed by atoms with Crippen molar-refractivity contribution in [2.75, 3.05) is 18.0 Å². The topological polar surface area (TPSA) is 113 Å². The number of alkyl halides is 3. The molecule has 188 valence electrons. The number of halogens is 3. The van der Waals surface area contributed by atoms with E-state index in [1.807, 2.05) is 48.9 Å². The molecular weight excluding hydrogens is 479 g/mol. The number of nitrogens with one attached hydrogen (secondary N) is 1. The Hall–Kier alpha value is -4.35. The quantitative estimate of drug-likeness (QED) is 0.436. The van der Waals surface area contributed by atoms with Crippen molar-refractivity contribution in [3.63, 3.8) is 0 Å². The maximum atomic E-state index is 12.6. The predicted molar refractivity (Wildman–Crippen MR) is 124 cm³/mol. The summed E-state index contributed by atoms with van der Waals surface area (Å²) in [6.45, 7) is 3.65. The zero-order valence-electron chi connectivity index (χ0n) is 19.1. The van der Waals surface area contributed by atoms with Gasteiger partial charge in [-0.15, -0.1) is 0 Å². The van der Waals surface area contributed by atoms with Crippen LogP contribution in [-0.2, 0) is 4.79 Å². The number of carbonyl (C=O) groups excluding carboxylic acids is 1. The van der Waals surface area contributed by atoms with E-state index in [9.17, 15) is 18.0 Å². The van der Waals surface area contributed by atoms with Gasteiger partial charge in [0.05, 0.1) is 5.52 Å². The van der Waals surface area contributed by atoms with Crippen molar-refractivity contribution in [2.45, 2.75) is 25.6 Å². The Kier molecular flexibility index (Phi) is 6.95. The summed E-state index contributed by atoms with van der Waals surface area (Å²) in [5.74, 6) is -1.57. The molecule has 0 radical (unpaired) electrons. The Morgan fingerprint density at radius 1 is 1.17 bits per heavy atom. The van der Waals surface area contributed by atoms with Gasteiger partial charge >= 0.3 is 12.1 Å². The molecular formula is C24H22F3N5O4. The van der Waals surface area contributed by atoms with Crippen LogP contribution in [0.15, 0.2) is 65.7 Å². The molecule has 0 aliphatic carbocycles. The lowest BCUT2D eigenvalue weighted by atomic mass is 10.2. The summed E-state index contributed by atoms with van der Waals surface area (Å²) in [5, 5.41) is 10.2. The van der Waals surface area contributed by atoms with Crippen LogP contribution in [0.25, 0.3) is 17.0 Å². The lowest BCUT2D eigenvalue weighted by Crippen LogP contribution is -2.37. The molecule has 0 bridgehead atoms. The Balaban J connectivity index is 0.000000384. The maximum Gasteiger partial charge on any atom is 0.490 e. The van der Waals surface area contributed by atoms with Crippen LogP contribution >= 0.6 is 0 Å². The molecule has 4 heterocycles. The molecule has 0 saturated carbocycles. The van der Waals surface area contributed by atoms with Crippen molar-refractivity contribution in [2.24, 2.45) is 0 Å². The van der Waals surface area contributed by atoms with E-state index in [2.05, 4.69) is 37.6 Å². The number of benzene rings is 1. The van der Waals surface area contributed by atoms with E-state index < -0.39 is 12.1 Å². The fourth-order valence-corrected chi connectivity index (χ4v) is 3.85. The number of nitrogens with zero attached hydrogens (tertiary/aromatic N) is 4. The van der Waals surface area contributed by atoms with Gasteiger partial charge in [-0.1, -0.05) is 18.2 Å². The Bertz CT molecular complexity index is 1370. The molecule has 1 aliphatic rings. The molecule has 1 amide bonds. The molecule has 0 unspecified atom stereocenters. The highest BCUT2D eigenvalue weighted by Gasteiger charge is 2.38. The van der Waals surface area contributed by atoms with E-state index in [1.54, 1.807) is 0 Å². The molecule has 4 aromatic rings. The third-order valence-electron chi connectivity index (χ3n) is 5.58. The van der Waals surface area contributed by atoms with Gasteiger partial charge in [0.2, 0.25) is 5.89 Å². The van der Waals surface area contributed by atoms with Gasteiger partial charge in [-0.25, -0.2) is 14.8 Å². The fourth-order valence-electron chi connectivity index (χ4n) is 3.85. The standard InChI is InChI=1S/C22H21N5O2.C2HF3O2/c1-15-7-10-26-12-9-23-20(19(15)26)27-11-8-17(13-27)24-21(28)18-14-29-22(25-18)16-5-3-2-4-6-16;3-2(4,5)1(6)7/h2-7,9-10,12,14,17H,8,11,13H2,1H3,(H,24,28);(H,6,7)/t17-;/m0./s1. The van der Waals surface area contributed by atoms with Crippen LogP contribution < -0.4 is 10.2 Å². The number of amides is 1. The summed E-state index contributed by atoms with van der Waals surface area (Å²) in [6.07, 6.45) is 3.00. The molecule has 0 spiro atoms. The number of fused-ring (bicyclic) bond motifs is 1. The van der Waals surface area contributed by atoms with E-state index in [1.165, 1.54) is 11.8 Å². The minimum Gasteiger partial charge on any atom is -0.475 e. The molecule has 1 fully saturated rings. The lowest BCUT2D eigenvalue weighted by molar-refractivity contribution is -0.192. The Morgan fingerprint density at radius 3 is 2.58 bits per heavy atom. The van der Waals surface area contributed by atoms with Crippen molar-refractivity contribution in [1.29, 1.82) is 0 Å². The van der Waals surface area contributed by atoms with Gasteiger partial charge in [0.15, 0.2) is 11.5 Å². The minimum atomic E-state index is -5.08. The Morgan fingerprint density at radius 2 is 1.89 bits per heavy atom. The molecule has 3 aromatic heterocycles.